The predicted octanol–water partition coefficient (Wildman–Crippen LogP) is 3.29. The number of fused-ring (bicyclic) bond motifs is 1. The van der Waals surface area contributed by atoms with Crippen LogP contribution in [0.3, 0.4) is 0 Å². The molecule has 4 rings (SSSR count). The molecule has 32 heavy (non-hydrogen) atoms. The zero-order chi connectivity index (χ0) is 22.9. The van der Waals surface area contributed by atoms with Gasteiger partial charge in [0, 0.05) is 29.8 Å². The van der Waals surface area contributed by atoms with Crippen molar-refractivity contribution in [1.29, 1.82) is 0 Å². The van der Waals surface area contributed by atoms with Crippen molar-refractivity contribution in [3.63, 3.8) is 0 Å². The molecule has 0 bridgehead atoms. The fourth-order valence-corrected chi connectivity index (χ4v) is 4.26. The SMILES string of the molecule is CCC(C)(C)C(=O)On1ccc2c(-c3cnn([C@H](CC(N)=O)C4CCCC4)c3)ncnc21. The van der Waals surface area contributed by atoms with Crippen LogP contribution in [0.25, 0.3) is 22.3 Å². The average Bonchev–Trinajstić information content (AvgIpc) is 3.53. The molecule has 0 aromatic carbocycles. The van der Waals surface area contributed by atoms with Crippen LogP contribution in [0.4, 0.5) is 0 Å². The summed E-state index contributed by atoms with van der Waals surface area (Å²) in [5.41, 5.74) is 6.94. The van der Waals surface area contributed by atoms with E-state index in [0.29, 0.717) is 23.7 Å². The van der Waals surface area contributed by atoms with E-state index in [9.17, 15) is 9.59 Å². The molecule has 1 aliphatic rings. The number of aromatic nitrogens is 5. The van der Waals surface area contributed by atoms with Crippen molar-refractivity contribution in [2.24, 2.45) is 17.1 Å². The predicted molar refractivity (Wildman–Crippen MR) is 119 cm³/mol. The molecule has 0 aliphatic heterocycles. The second-order valence-corrected chi connectivity index (χ2v) is 9.21. The number of rotatable bonds is 8. The second kappa shape index (κ2) is 8.72. The Labute approximate surface area is 186 Å². The van der Waals surface area contributed by atoms with Gasteiger partial charge in [0.1, 0.15) is 6.33 Å². The number of hydrogen-bond donors (Lipinski definition) is 1. The molecule has 3 aromatic heterocycles. The minimum atomic E-state index is -0.594. The summed E-state index contributed by atoms with van der Waals surface area (Å²) in [6.45, 7) is 5.65. The summed E-state index contributed by atoms with van der Waals surface area (Å²) in [6.07, 6.45) is 12.2. The molecule has 0 saturated heterocycles. The maximum absolute atomic E-state index is 12.5. The van der Waals surface area contributed by atoms with Gasteiger partial charge >= 0.3 is 5.97 Å². The Kier molecular flexibility index (Phi) is 5.99. The Hall–Kier alpha value is -3.23. The van der Waals surface area contributed by atoms with Gasteiger partial charge in [-0.2, -0.15) is 9.83 Å². The molecule has 0 unspecified atom stereocenters. The van der Waals surface area contributed by atoms with E-state index in [2.05, 4.69) is 15.1 Å². The molecule has 1 amide bonds. The van der Waals surface area contributed by atoms with Crippen molar-refractivity contribution in [2.45, 2.75) is 65.3 Å². The van der Waals surface area contributed by atoms with E-state index < -0.39 is 5.41 Å². The van der Waals surface area contributed by atoms with Crippen LogP contribution in [0.1, 0.15) is 65.3 Å². The van der Waals surface area contributed by atoms with Gasteiger partial charge in [-0.25, -0.2) is 14.8 Å². The Bertz CT molecular complexity index is 1130. The first-order valence-corrected chi connectivity index (χ1v) is 11.2. The van der Waals surface area contributed by atoms with Crippen LogP contribution in [0.5, 0.6) is 0 Å². The second-order valence-electron chi connectivity index (χ2n) is 9.21. The number of nitrogens with two attached hydrogens (primary N) is 1. The summed E-state index contributed by atoms with van der Waals surface area (Å²) in [5, 5.41) is 5.30. The van der Waals surface area contributed by atoms with Crippen molar-refractivity contribution in [3.05, 3.63) is 31.0 Å². The highest BCUT2D eigenvalue weighted by atomic mass is 16.7. The molecule has 1 saturated carbocycles. The molecular formula is C23H30N6O3. The van der Waals surface area contributed by atoms with Crippen molar-refractivity contribution >= 4 is 22.9 Å². The highest BCUT2D eigenvalue weighted by Gasteiger charge is 2.30. The van der Waals surface area contributed by atoms with E-state index in [1.54, 1.807) is 12.4 Å². The number of nitrogens with zero attached hydrogens (tertiary/aromatic N) is 5. The first-order chi connectivity index (χ1) is 15.3. The van der Waals surface area contributed by atoms with Crippen LogP contribution in [0, 0.1) is 11.3 Å². The maximum atomic E-state index is 12.5. The summed E-state index contributed by atoms with van der Waals surface area (Å²) in [6, 6.07) is 1.77. The van der Waals surface area contributed by atoms with Crippen LogP contribution in [-0.2, 0) is 9.59 Å². The van der Waals surface area contributed by atoms with Gasteiger partial charge in [0.05, 0.1) is 23.3 Å². The number of carbonyl (C=O) groups excluding carboxylic acids is 2. The minimum Gasteiger partial charge on any atom is -0.370 e. The van der Waals surface area contributed by atoms with Gasteiger partial charge in [-0.1, -0.05) is 19.8 Å². The summed E-state index contributed by atoms with van der Waals surface area (Å²) >= 11 is 0. The van der Waals surface area contributed by atoms with E-state index >= 15 is 0 Å². The highest BCUT2D eigenvalue weighted by Crippen LogP contribution is 2.37. The molecule has 1 atom stereocenters. The summed E-state index contributed by atoms with van der Waals surface area (Å²) in [7, 11) is 0. The number of carbonyl (C=O) groups is 2. The first kappa shape index (κ1) is 22.0. The highest BCUT2D eigenvalue weighted by molar-refractivity contribution is 5.90. The van der Waals surface area contributed by atoms with Crippen molar-refractivity contribution < 1.29 is 14.4 Å². The minimum absolute atomic E-state index is 0.0529. The van der Waals surface area contributed by atoms with Gasteiger partial charge in [0.25, 0.3) is 0 Å². The molecule has 0 radical (unpaired) electrons. The van der Waals surface area contributed by atoms with Crippen molar-refractivity contribution in [1.82, 2.24) is 24.5 Å². The third-order valence-corrected chi connectivity index (χ3v) is 6.63. The monoisotopic (exact) mass is 438 g/mol. The lowest BCUT2D eigenvalue weighted by molar-refractivity contribution is -0.154. The van der Waals surface area contributed by atoms with Crippen LogP contribution < -0.4 is 10.6 Å². The Morgan fingerprint density at radius 1 is 1.28 bits per heavy atom. The summed E-state index contributed by atoms with van der Waals surface area (Å²) < 4.78 is 3.24. The molecule has 2 N–H and O–H groups in total. The molecule has 9 nitrogen and oxygen atoms in total. The van der Waals surface area contributed by atoms with Gasteiger partial charge < -0.3 is 10.6 Å². The van der Waals surface area contributed by atoms with Gasteiger partial charge in [0.2, 0.25) is 5.91 Å². The van der Waals surface area contributed by atoms with E-state index in [4.69, 9.17) is 10.6 Å². The topological polar surface area (TPSA) is 118 Å². The fourth-order valence-electron chi connectivity index (χ4n) is 4.26. The molecule has 0 spiro atoms. The molecule has 170 valence electrons. The van der Waals surface area contributed by atoms with Gasteiger partial charge in [-0.3, -0.25) is 9.48 Å². The number of hydrogen-bond acceptors (Lipinski definition) is 6. The van der Waals surface area contributed by atoms with Crippen LogP contribution in [-0.4, -0.2) is 36.4 Å². The lowest BCUT2D eigenvalue weighted by Gasteiger charge is -2.22. The molecule has 3 aromatic rings. The molecular weight excluding hydrogens is 408 g/mol. The molecule has 1 aliphatic carbocycles. The summed E-state index contributed by atoms with van der Waals surface area (Å²) in [5.74, 6) is -0.253. The Morgan fingerprint density at radius 2 is 2.03 bits per heavy atom. The average molecular weight is 439 g/mol. The van der Waals surface area contributed by atoms with E-state index in [0.717, 1.165) is 23.8 Å². The zero-order valence-corrected chi connectivity index (χ0v) is 18.8. The molecule has 3 heterocycles. The number of amides is 1. The largest absolute Gasteiger partial charge is 0.370 e. The van der Waals surface area contributed by atoms with E-state index in [1.165, 1.54) is 23.9 Å². The number of primary amides is 1. The van der Waals surface area contributed by atoms with E-state index in [-0.39, 0.29) is 24.3 Å². The lowest BCUT2D eigenvalue weighted by Crippen LogP contribution is -2.32. The van der Waals surface area contributed by atoms with Crippen molar-refractivity contribution in [3.8, 4) is 11.3 Å². The Morgan fingerprint density at radius 3 is 2.72 bits per heavy atom. The smallest absolute Gasteiger partial charge is 0.338 e. The Balaban J connectivity index is 1.65. The van der Waals surface area contributed by atoms with Gasteiger partial charge in [-0.15, -0.1) is 0 Å². The van der Waals surface area contributed by atoms with E-state index in [1.807, 2.05) is 37.7 Å². The van der Waals surface area contributed by atoms with Crippen LogP contribution in [0.15, 0.2) is 31.0 Å². The third kappa shape index (κ3) is 4.24. The maximum Gasteiger partial charge on any atom is 0.338 e. The quantitative estimate of drug-likeness (QED) is 0.576. The van der Waals surface area contributed by atoms with Crippen LogP contribution >= 0.6 is 0 Å². The zero-order valence-electron chi connectivity index (χ0n) is 18.8. The lowest BCUT2D eigenvalue weighted by atomic mass is 9.91. The van der Waals surface area contributed by atoms with Crippen molar-refractivity contribution in [2.75, 3.05) is 0 Å². The normalized spacial score (nSPS) is 15.8. The standard InChI is InChI=1S/C23H30N6O3/c1-4-23(2,3)22(31)32-29-10-9-17-20(25-14-26-21(17)29)16-12-27-28(13-16)18(11-19(24)30)15-7-5-6-8-15/h9-10,12-15,18H,4-8,11H2,1-3H3,(H2,24,30)/t18-/m1/s1. The summed E-state index contributed by atoms with van der Waals surface area (Å²) in [4.78, 5) is 38.6. The third-order valence-electron chi connectivity index (χ3n) is 6.63. The van der Waals surface area contributed by atoms with Gasteiger partial charge in [0.15, 0.2) is 5.65 Å². The van der Waals surface area contributed by atoms with Gasteiger partial charge in [-0.05, 0) is 45.1 Å². The molecule has 1 fully saturated rings. The molecule has 9 heteroatoms. The first-order valence-electron chi connectivity index (χ1n) is 11.2. The van der Waals surface area contributed by atoms with Crippen LogP contribution in [0.2, 0.25) is 0 Å². The fraction of sp³-hybridized carbons (Fsp3) is 0.522.